The summed E-state index contributed by atoms with van der Waals surface area (Å²) < 4.78 is 0. The topological polar surface area (TPSA) is 78.4 Å². The van der Waals surface area contributed by atoms with Crippen molar-refractivity contribution in [1.29, 1.82) is 0 Å². The first-order chi connectivity index (χ1) is 12.7. The van der Waals surface area contributed by atoms with Crippen molar-refractivity contribution in [2.24, 2.45) is 0 Å². The molecule has 0 spiro atoms. The lowest BCUT2D eigenvalue weighted by Crippen LogP contribution is -2.48. The van der Waals surface area contributed by atoms with E-state index >= 15 is 0 Å². The lowest BCUT2D eigenvalue weighted by Gasteiger charge is -2.33. The van der Waals surface area contributed by atoms with Gasteiger partial charge in [0.2, 0.25) is 5.95 Å². The largest absolute Gasteiger partial charge is 0.507 e. The maximum Gasteiger partial charge on any atom is 0.255 e. The molecule has 2 aromatic carbocycles. The van der Waals surface area contributed by atoms with Crippen LogP contribution in [-0.2, 0) is 0 Å². The molecule has 1 aliphatic heterocycles. The Bertz CT molecular complexity index is 930. The van der Waals surface area contributed by atoms with E-state index in [1.54, 1.807) is 30.6 Å². The molecule has 26 heavy (non-hydrogen) atoms. The molecule has 1 aromatic heterocycles. The molecular formula is C20H20N4O2. The summed E-state index contributed by atoms with van der Waals surface area (Å²) >= 11 is 0. The minimum atomic E-state index is -0.255. The van der Waals surface area contributed by atoms with E-state index in [0.717, 1.165) is 30.2 Å². The molecule has 6 nitrogen and oxygen atoms in total. The van der Waals surface area contributed by atoms with Crippen molar-refractivity contribution in [2.45, 2.75) is 18.9 Å². The summed E-state index contributed by atoms with van der Waals surface area (Å²) in [5.41, 5.74) is 0.303. The highest BCUT2D eigenvalue weighted by atomic mass is 16.3. The minimum Gasteiger partial charge on any atom is -0.507 e. The predicted octanol–water partition coefficient (Wildman–Crippen LogP) is 2.73. The smallest absolute Gasteiger partial charge is 0.255 e. The Balaban J connectivity index is 1.50. The fourth-order valence-electron chi connectivity index (χ4n) is 3.40. The molecule has 3 aromatic rings. The van der Waals surface area contributed by atoms with Gasteiger partial charge >= 0.3 is 0 Å². The molecule has 0 saturated carbocycles. The van der Waals surface area contributed by atoms with Crippen LogP contribution in [0.5, 0.6) is 5.75 Å². The maximum absolute atomic E-state index is 12.7. The Labute approximate surface area is 151 Å². The lowest BCUT2D eigenvalue weighted by molar-refractivity contribution is 0.0930. The summed E-state index contributed by atoms with van der Waals surface area (Å²) in [7, 11) is 0. The van der Waals surface area contributed by atoms with Crippen LogP contribution in [0, 0.1) is 0 Å². The Hall–Kier alpha value is -3.15. The van der Waals surface area contributed by atoms with Crippen molar-refractivity contribution in [1.82, 2.24) is 15.3 Å². The number of phenolic OH excluding ortho intramolecular Hbond substituents is 1. The van der Waals surface area contributed by atoms with Crippen LogP contribution in [0.2, 0.25) is 0 Å². The van der Waals surface area contributed by atoms with Gasteiger partial charge in [0.05, 0.1) is 5.56 Å². The van der Waals surface area contributed by atoms with Gasteiger partial charge in [0, 0.05) is 31.5 Å². The van der Waals surface area contributed by atoms with E-state index in [1.807, 2.05) is 24.3 Å². The number of hydrogen-bond donors (Lipinski definition) is 2. The summed E-state index contributed by atoms with van der Waals surface area (Å²) in [6.07, 6.45) is 5.28. The number of amides is 1. The number of benzene rings is 2. The molecule has 4 rings (SSSR count). The summed E-state index contributed by atoms with van der Waals surface area (Å²) in [6, 6.07) is 12.8. The molecule has 2 N–H and O–H groups in total. The molecule has 1 amide bonds. The molecule has 1 aliphatic rings. The van der Waals surface area contributed by atoms with E-state index < -0.39 is 0 Å². The first kappa shape index (κ1) is 16.3. The Morgan fingerprint density at radius 2 is 1.85 bits per heavy atom. The van der Waals surface area contributed by atoms with Crippen LogP contribution in [0.15, 0.2) is 54.9 Å². The molecule has 2 heterocycles. The number of rotatable bonds is 3. The van der Waals surface area contributed by atoms with Gasteiger partial charge in [-0.2, -0.15) is 0 Å². The average molecular weight is 348 g/mol. The maximum atomic E-state index is 12.7. The van der Waals surface area contributed by atoms with Gasteiger partial charge in [0.25, 0.3) is 5.91 Å². The van der Waals surface area contributed by atoms with Crippen molar-refractivity contribution in [3.8, 4) is 5.75 Å². The van der Waals surface area contributed by atoms with Crippen LogP contribution >= 0.6 is 0 Å². The zero-order valence-corrected chi connectivity index (χ0v) is 14.3. The Morgan fingerprint density at radius 1 is 1.12 bits per heavy atom. The quantitative estimate of drug-likeness (QED) is 0.761. The highest BCUT2D eigenvalue weighted by molar-refractivity contribution is 6.01. The molecule has 0 aliphatic carbocycles. The molecular weight excluding hydrogens is 328 g/mol. The third kappa shape index (κ3) is 3.31. The SMILES string of the molecule is O=C(N[C@H]1CCCN(c2ncccn2)C1)c1cc2ccccc2cc1O. The minimum absolute atomic E-state index is 0.000239. The third-order valence-corrected chi connectivity index (χ3v) is 4.70. The van der Waals surface area contributed by atoms with E-state index in [2.05, 4.69) is 20.2 Å². The number of nitrogens with one attached hydrogen (secondary N) is 1. The lowest BCUT2D eigenvalue weighted by atomic mass is 10.0. The number of nitrogens with zero attached hydrogens (tertiary/aromatic N) is 3. The highest BCUT2D eigenvalue weighted by Gasteiger charge is 2.24. The Morgan fingerprint density at radius 3 is 2.62 bits per heavy atom. The molecule has 1 atom stereocenters. The highest BCUT2D eigenvalue weighted by Crippen LogP contribution is 2.25. The van der Waals surface area contributed by atoms with Crippen molar-refractivity contribution in [2.75, 3.05) is 18.0 Å². The first-order valence-corrected chi connectivity index (χ1v) is 8.75. The van der Waals surface area contributed by atoms with E-state index in [-0.39, 0.29) is 17.7 Å². The number of piperidine rings is 1. The number of phenols is 1. The van der Waals surface area contributed by atoms with Crippen molar-refractivity contribution in [3.05, 3.63) is 60.4 Å². The van der Waals surface area contributed by atoms with Crippen molar-refractivity contribution < 1.29 is 9.90 Å². The second-order valence-corrected chi connectivity index (χ2v) is 6.52. The standard InChI is InChI=1S/C20H20N4O2/c25-18-12-15-6-2-1-5-14(15)11-17(18)19(26)23-16-7-3-10-24(13-16)20-21-8-4-9-22-20/h1-2,4-6,8-9,11-12,16,25H,3,7,10,13H2,(H,23,26)/t16-/m0/s1. The number of fused-ring (bicyclic) bond motifs is 1. The number of anilines is 1. The predicted molar refractivity (Wildman–Crippen MR) is 100 cm³/mol. The number of carbonyl (C=O) groups excluding carboxylic acids is 1. The molecule has 1 saturated heterocycles. The fourth-order valence-corrected chi connectivity index (χ4v) is 3.40. The number of hydrogen-bond acceptors (Lipinski definition) is 5. The fraction of sp³-hybridized carbons (Fsp3) is 0.250. The average Bonchev–Trinajstić information content (AvgIpc) is 2.68. The number of aromatic nitrogens is 2. The first-order valence-electron chi connectivity index (χ1n) is 8.75. The zero-order valence-electron chi connectivity index (χ0n) is 14.3. The van der Waals surface area contributed by atoms with E-state index in [9.17, 15) is 9.90 Å². The van der Waals surface area contributed by atoms with Crippen LogP contribution < -0.4 is 10.2 Å². The van der Waals surface area contributed by atoms with Crippen LogP contribution in [0.25, 0.3) is 10.8 Å². The monoisotopic (exact) mass is 348 g/mol. The van der Waals surface area contributed by atoms with Gasteiger partial charge < -0.3 is 15.3 Å². The van der Waals surface area contributed by atoms with Crippen molar-refractivity contribution in [3.63, 3.8) is 0 Å². The van der Waals surface area contributed by atoms with Crippen LogP contribution in [0.3, 0.4) is 0 Å². The Kier molecular flexibility index (Phi) is 4.39. The summed E-state index contributed by atoms with van der Waals surface area (Å²) in [5.74, 6) is 0.425. The molecule has 1 fully saturated rings. The summed E-state index contributed by atoms with van der Waals surface area (Å²) in [4.78, 5) is 23.3. The second-order valence-electron chi connectivity index (χ2n) is 6.52. The van der Waals surface area contributed by atoms with E-state index in [4.69, 9.17) is 0 Å². The second kappa shape index (κ2) is 7.00. The van der Waals surface area contributed by atoms with Gasteiger partial charge in [0.15, 0.2) is 0 Å². The van der Waals surface area contributed by atoms with E-state index in [0.29, 0.717) is 18.1 Å². The van der Waals surface area contributed by atoms with Gasteiger partial charge in [-0.15, -0.1) is 0 Å². The number of aromatic hydroxyl groups is 1. The van der Waals surface area contributed by atoms with E-state index in [1.165, 1.54) is 0 Å². The van der Waals surface area contributed by atoms with Gasteiger partial charge in [0.1, 0.15) is 5.75 Å². The summed E-state index contributed by atoms with van der Waals surface area (Å²) in [6.45, 7) is 1.53. The van der Waals surface area contributed by atoms with Crippen molar-refractivity contribution >= 4 is 22.6 Å². The molecule has 0 bridgehead atoms. The zero-order chi connectivity index (χ0) is 17.9. The van der Waals surface area contributed by atoms with Gasteiger partial charge in [-0.3, -0.25) is 4.79 Å². The normalized spacial score (nSPS) is 17.2. The van der Waals surface area contributed by atoms with Crippen LogP contribution in [0.1, 0.15) is 23.2 Å². The molecule has 0 radical (unpaired) electrons. The third-order valence-electron chi connectivity index (χ3n) is 4.70. The number of carbonyl (C=O) groups is 1. The van der Waals surface area contributed by atoms with Crippen LogP contribution in [0.4, 0.5) is 5.95 Å². The van der Waals surface area contributed by atoms with Crippen LogP contribution in [-0.4, -0.2) is 40.1 Å². The molecule has 0 unspecified atom stereocenters. The van der Waals surface area contributed by atoms with Gasteiger partial charge in [-0.1, -0.05) is 24.3 Å². The van der Waals surface area contributed by atoms with Gasteiger partial charge in [-0.25, -0.2) is 9.97 Å². The summed E-state index contributed by atoms with van der Waals surface area (Å²) in [5, 5.41) is 15.1. The molecule has 6 heteroatoms. The molecule has 132 valence electrons. The van der Waals surface area contributed by atoms with Gasteiger partial charge in [-0.05, 0) is 41.8 Å².